The zero-order valence-corrected chi connectivity index (χ0v) is 16.5. The van der Waals surface area contributed by atoms with E-state index in [4.69, 9.17) is 16.3 Å². The van der Waals surface area contributed by atoms with Crippen LogP contribution in [-0.2, 0) is 6.61 Å². The summed E-state index contributed by atoms with van der Waals surface area (Å²) in [4.78, 5) is 13.2. The lowest BCUT2D eigenvalue weighted by Crippen LogP contribution is -2.11. The lowest BCUT2D eigenvalue weighted by Gasteiger charge is -2.09. The summed E-state index contributed by atoms with van der Waals surface area (Å²) in [5.41, 5.74) is 5.10. The van der Waals surface area contributed by atoms with Crippen molar-refractivity contribution in [2.75, 3.05) is 5.32 Å². The van der Waals surface area contributed by atoms with Crippen LogP contribution in [0.4, 0.5) is 5.69 Å². The number of carbonyl (C=O) groups is 1. The van der Waals surface area contributed by atoms with Crippen LogP contribution in [0.25, 0.3) is 0 Å². The highest BCUT2D eigenvalue weighted by atomic mass is 35.5. The van der Waals surface area contributed by atoms with E-state index >= 15 is 0 Å². The molecule has 1 N–H and O–H groups in total. The van der Waals surface area contributed by atoms with E-state index in [1.807, 2.05) is 68.6 Å². The first-order valence-corrected chi connectivity index (χ1v) is 9.53. The lowest BCUT2D eigenvalue weighted by atomic mass is 10.1. The number of anilines is 1. The van der Waals surface area contributed by atoms with E-state index in [1.165, 1.54) is 11.3 Å². The first kappa shape index (κ1) is 18.5. The van der Waals surface area contributed by atoms with Crippen molar-refractivity contribution >= 4 is 34.5 Å². The van der Waals surface area contributed by atoms with Crippen molar-refractivity contribution in [2.45, 2.75) is 27.4 Å². The fourth-order valence-corrected chi connectivity index (χ4v) is 3.49. The Bertz CT molecular complexity index is 949. The fraction of sp³-hybridized carbons (Fsp3) is 0.190. The van der Waals surface area contributed by atoms with Gasteiger partial charge in [-0.15, -0.1) is 11.3 Å². The Labute approximate surface area is 162 Å². The molecule has 0 aliphatic carbocycles. The number of hydrogen-bond donors (Lipinski definition) is 1. The van der Waals surface area contributed by atoms with Crippen LogP contribution in [0.5, 0.6) is 5.75 Å². The third-order valence-corrected chi connectivity index (χ3v) is 5.50. The minimum atomic E-state index is -0.108. The number of ether oxygens (including phenoxy) is 1. The number of benzene rings is 2. The molecule has 1 amide bonds. The summed E-state index contributed by atoms with van der Waals surface area (Å²) in [5, 5.41) is 5.49. The Balaban J connectivity index is 1.66. The zero-order valence-electron chi connectivity index (χ0n) is 14.9. The molecule has 0 atom stereocenters. The lowest BCUT2D eigenvalue weighted by molar-refractivity contribution is 0.103. The molecule has 1 aromatic heterocycles. The number of rotatable bonds is 5. The van der Waals surface area contributed by atoms with Gasteiger partial charge in [-0.25, -0.2) is 0 Å². The van der Waals surface area contributed by atoms with E-state index in [0.717, 1.165) is 27.9 Å². The van der Waals surface area contributed by atoms with Gasteiger partial charge in [-0.2, -0.15) is 0 Å². The minimum absolute atomic E-state index is 0.108. The van der Waals surface area contributed by atoms with Crippen LogP contribution in [-0.4, -0.2) is 5.91 Å². The quantitative estimate of drug-likeness (QED) is 0.571. The van der Waals surface area contributed by atoms with E-state index in [1.54, 1.807) is 0 Å². The van der Waals surface area contributed by atoms with E-state index in [2.05, 4.69) is 5.32 Å². The first-order chi connectivity index (χ1) is 12.4. The molecule has 0 fully saturated rings. The number of thiophene rings is 1. The summed E-state index contributed by atoms with van der Waals surface area (Å²) < 4.78 is 5.79. The van der Waals surface area contributed by atoms with Gasteiger partial charge in [-0.05, 0) is 67.1 Å². The van der Waals surface area contributed by atoms with Gasteiger partial charge in [-0.3, -0.25) is 4.79 Å². The molecule has 5 heteroatoms. The second kappa shape index (κ2) is 7.94. The summed E-state index contributed by atoms with van der Waals surface area (Å²) in [6.07, 6.45) is 0. The van der Waals surface area contributed by atoms with Crippen molar-refractivity contribution in [3.8, 4) is 5.75 Å². The number of carbonyl (C=O) groups excluding carboxylic acids is 1. The third-order valence-electron chi connectivity index (χ3n) is 4.21. The molecule has 0 bridgehead atoms. The Morgan fingerprint density at radius 2 is 1.96 bits per heavy atom. The SMILES string of the molecule is Cc1ccc(Cl)c(OCc2csc(C(=O)Nc3cccc(C)c3C)c2)c1. The third kappa shape index (κ3) is 4.26. The molecule has 26 heavy (non-hydrogen) atoms. The van der Waals surface area contributed by atoms with Gasteiger partial charge in [0.1, 0.15) is 12.4 Å². The molecule has 3 nitrogen and oxygen atoms in total. The standard InChI is InChI=1S/C21H20ClNO2S/c1-13-7-8-17(22)19(9-13)25-11-16-10-20(26-12-16)21(24)23-18-6-4-5-14(2)15(18)3/h4-10,12H,11H2,1-3H3,(H,23,24). The molecule has 0 unspecified atom stereocenters. The number of amides is 1. The molecule has 0 radical (unpaired) electrons. The van der Waals surface area contributed by atoms with Crippen molar-refractivity contribution in [3.63, 3.8) is 0 Å². The average molecular weight is 386 g/mol. The topological polar surface area (TPSA) is 38.3 Å². The van der Waals surface area contributed by atoms with E-state index in [9.17, 15) is 4.79 Å². The van der Waals surface area contributed by atoms with Gasteiger partial charge >= 0.3 is 0 Å². The summed E-state index contributed by atoms with van der Waals surface area (Å²) in [5.74, 6) is 0.544. The molecule has 0 aliphatic heterocycles. The van der Waals surface area contributed by atoms with Gasteiger partial charge in [0.2, 0.25) is 0 Å². The van der Waals surface area contributed by atoms with Crippen LogP contribution in [0.2, 0.25) is 5.02 Å². The average Bonchev–Trinajstić information content (AvgIpc) is 3.09. The van der Waals surface area contributed by atoms with Gasteiger partial charge in [0.25, 0.3) is 5.91 Å². The highest BCUT2D eigenvalue weighted by Crippen LogP contribution is 2.27. The number of hydrogen-bond acceptors (Lipinski definition) is 3. The summed E-state index contributed by atoms with van der Waals surface area (Å²) in [6, 6.07) is 13.4. The molecule has 0 aliphatic rings. The van der Waals surface area contributed by atoms with Gasteiger partial charge in [0, 0.05) is 11.3 Å². The Morgan fingerprint density at radius 1 is 1.15 bits per heavy atom. The number of aryl methyl sites for hydroxylation is 2. The molecule has 0 saturated heterocycles. The molecule has 1 heterocycles. The monoisotopic (exact) mass is 385 g/mol. The maximum Gasteiger partial charge on any atom is 0.265 e. The Kier molecular flexibility index (Phi) is 5.64. The predicted octanol–water partition coefficient (Wildman–Crippen LogP) is 6.16. The van der Waals surface area contributed by atoms with Crippen molar-refractivity contribution in [2.24, 2.45) is 0 Å². The van der Waals surface area contributed by atoms with Crippen LogP contribution in [0.15, 0.2) is 47.8 Å². The minimum Gasteiger partial charge on any atom is -0.487 e. The molecular formula is C21H20ClNO2S. The maximum atomic E-state index is 12.5. The number of nitrogens with one attached hydrogen (secondary N) is 1. The molecule has 3 aromatic rings. The van der Waals surface area contributed by atoms with Crippen molar-refractivity contribution in [1.82, 2.24) is 0 Å². The normalized spacial score (nSPS) is 10.6. The van der Waals surface area contributed by atoms with Crippen molar-refractivity contribution in [1.29, 1.82) is 0 Å². The summed E-state index contributed by atoms with van der Waals surface area (Å²) >= 11 is 7.55. The van der Waals surface area contributed by atoms with Crippen LogP contribution in [0, 0.1) is 20.8 Å². The van der Waals surface area contributed by atoms with E-state index in [0.29, 0.717) is 22.3 Å². The second-order valence-corrected chi connectivity index (χ2v) is 7.56. The molecular weight excluding hydrogens is 366 g/mol. The Morgan fingerprint density at radius 3 is 2.77 bits per heavy atom. The Hall–Kier alpha value is -2.30. The van der Waals surface area contributed by atoms with Gasteiger partial charge in [0.05, 0.1) is 9.90 Å². The summed E-state index contributed by atoms with van der Waals surface area (Å²) in [7, 11) is 0. The van der Waals surface area contributed by atoms with E-state index in [-0.39, 0.29) is 5.91 Å². The highest BCUT2D eigenvalue weighted by molar-refractivity contribution is 7.12. The van der Waals surface area contributed by atoms with Crippen molar-refractivity contribution in [3.05, 3.63) is 80.0 Å². The molecule has 134 valence electrons. The molecule has 2 aromatic carbocycles. The fourth-order valence-electron chi connectivity index (χ4n) is 2.52. The molecule has 0 saturated carbocycles. The van der Waals surface area contributed by atoms with Crippen LogP contribution < -0.4 is 10.1 Å². The van der Waals surface area contributed by atoms with Crippen molar-refractivity contribution < 1.29 is 9.53 Å². The van der Waals surface area contributed by atoms with Crippen LogP contribution in [0.1, 0.15) is 31.9 Å². The second-order valence-electron chi connectivity index (χ2n) is 6.24. The van der Waals surface area contributed by atoms with Gasteiger partial charge in [-0.1, -0.05) is 29.8 Å². The first-order valence-electron chi connectivity index (χ1n) is 8.28. The smallest absolute Gasteiger partial charge is 0.265 e. The maximum absolute atomic E-state index is 12.5. The highest BCUT2D eigenvalue weighted by Gasteiger charge is 2.12. The van der Waals surface area contributed by atoms with Crippen LogP contribution in [0.3, 0.4) is 0 Å². The van der Waals surface area contributed by atoms with Gasteiger partial charge < -0.3 is 10.1 Å². The summed E-state index contributed by atoms with van der Waals surface area (Å²) in [6.45, 7) is 6.40. The van der Waals surface area contributed by atoms with Gasteiger partial charge in [0.15, 0.2) is 0 Å². The zero-order chi connectivity index (χ0) is 18.7. The predicted molar refractivity (Wildman–Crippen MR) is 109 cm³/mol. The molecule has 3 rings (SSSR count). The van der Waals surface area contributed by atoms with E-state index < -0.39 is 0 Å². The number of halogens is 1. The molecule has 0 spiro atoms. The van der Waals surface area contributed by atoms with Crippen LogP contribution >= 0.6 is 22.9 Å². The largest absolute Gasteiger partial charge is 0.487 e.